The van der Waals surface area contributed by atoms with Gasteiger partial charge in [0.25, 0.3) is 5.91 Å². The van der Waals surface area contributed by atoms with Gasteiger partial charge < -0.3 is 10.1 Å². The summed E-state index contributed by atoms with van der Waals surface area (Å²) in [4.78, 5) is 24.6. The van der Waals surface area contributed by atoms with E-state index < -0.39 is 5.97 Å². The van der Waals surface area contributed by atoms with Crippen molar-refractivity contribution in [1.82, 2.24) is 5.32 Å². The third kappa shape index (κ3) is 3.55. The standard InChI is InChI=1S/C15H13NO3S/c1-19-15(18)13(10-12-8-5-9-20-12)16-14(17)11-6-3-2-4-7-11/h2-10H,1H3,(H,16,17)/b13-10-. The van der Waals surface area contributed by atoms with E-state index in [9.17, 15) is 9.59 Å². The van der Waals surface area contributed by atoms with Crippen molar-refractivity contribution in [1.29, 1.82) is 0 Å². The van der Waals surface area contributed by atoms with Gasteiger partial charge in [0.2, 0.25) is 0 Å². The molecule has 0 aliphatic carbocycles. The van der Waals surface area contributed by atoms with Gasteiger partial charge in [0, 0.05) is 10.4 Å². The van der Waals surface area contributed by atoms with Crippen LogP contribution in [-0.4, -0.2) is 19.0 Å². The maximum absolute atomic E-state index is 12.0. The Morgan fingerprint density at radius 2 is 1.90 bits per heavy atom. The van der Waals surface area contributed by atoms with E-state index >= 15 is 0 Å². The summed E-state index contributed by atoms with van der Waals surface area (Å²) in [6, 6.07) is 12.4. The Hall–Kier alpha value is -2.40. The molecule has 20 heavy (non-hydrogen) atoms. The van der Waals surface area contributed by atoms with Gasteiger partial charge in [0.1, 0.15) is 5.70 Å². The smallest absolute Gasteiger partial charge is 0.354 e. The van der Waals surface area contributed by atoms with Crippen LogP contribution in [0.15, 0.2) is 53.5 Å². The Morgan fingerprint density at radius 1 is 1.15 bits per heavy atom. The molecule has 0 spiro atoms. The van der Waals surface area contributed by atoms with Crippen LogP contribution < -0.4 is 5.32 Å². The van der Waals surface area contributed by atoms with Crippen molar-refractivity contribution >= 4 is 29.3 Å². The van der Waals surface area contributed by atoms with Gasteiger partial charge in [-0.1, -0.05) is 24.3 Å². The number of amides is 1. The van der Waals surface area contributed by atoms with Crippen molar-refractivity contribution in [3.63, 3.8) is 0 Å². The second-order valence-electron chi connectivity index (χ2n) is 3.89. The third-order valence-electron chi connectivity index (χ3n) is 2.52. The Labute approximate surface area is 120 Å². The van der Waals surface area contributed by atoms with Crippen LogP contribution >= 0.6 is 11.3 Å². The van der Waals surface area contributed by atoms with Crippen molar-refractivity contribution in [2.24, 2.45) is 0 Å². The SMILES string of the molecule is COC(=O)/C(=C/c1cccs1)NC(=O)c1ccccc1. The molecule has 0 bridgehead atoms. The van der Waals surface area contributed by atoms with E-state index in [4.69, 9.17) is 0 Å². The van der Waals surface area contributed by atoms with Crippen LogP contribution in [0.3, 0.4) is 0 Å². The highest BCUT2D eigenvalue weighted by atomic mass is 32.1. The van der Waals surface area contributed by atoms with Crippen molar-refractivity contribution in [2.75, 3.05) is 7.11 Å². The maximum atomic E-state index is 12.0. The molecule has 5 heteroatoms. The fourth-order valence-corrected chi connectivity index (χ4v) is 2.21. The first-order valence-electron chi connectivity index (χ1n) is 5.90. The summed E-state index contributed by atoms with van der Waals surface area (Å²) in [5.41, 5.74) is 0.595. The number of nitrogens with one attached hydrogen (secondary N) is 1. The van der Waals surface area contributed by atoms with Gasteiger partial charge in [-0.05, 0) is 29.7 Å². The van der Waals surface area contributed by atoms with E-state index in [0.29, 0.717) is 5.56 Å². The molecule has 1 N–H and O–H groups in total. The van der Waals surface area contributed by atoms with Crippen molar-refractivity contribution in [3.05, 3.63) is 64.0 Å². The molecule has 0 radical (unpaired) electrons. The minimum Gasteiger partial charge on any atom is -0.464 e. The number of benzene rings is 1. The number of hydrogen-bond donors (Lipinski definition) is 1. The summed E-state index contributed by atoms with van der Waals surface area (Å²) >= 11 is 1.47. The van der Waals surface area contributed by atoms with Crippen LogP contribution in [-0.2, 0) is 9.53 Å². The van der Waals surface area contributed by atoms with E-state index in [1.54, 1.807) is 30.3 Å². The summed E-state index contributed by atoms with van der Waals surface area (Å²) in [5, 5.41) is 4.47. The number of rotatable bonds is 4. The number of methoxy groups -OCH3 is 1. The zero-order valence-corrected chi connectivity index (χ0v) is 11.6. The summed E-state index contributed by atoms with van der Waals surface area (Å²) < 4.78 is 4.68. The fraction of sp³-hybridized carbons (Fsp3) is 0.0667. The quantitative estimate of drug-likeness (QED) is 0.695. The third-order valence-corrected chi connectivity index (χ3v) is 3.34. The predicted octanol–water partition coefficient (Wildman–Crippen LogP) is 2.69. The van der Waals surface area contributed by atoms with Crippen LogP contribution in [0.5, 0.6) is 0 Å². The highest BCUT2D eigenvalue weighted by Crippen LogP contribution is 2.13. The zero-order valence-electron chi connectivity index (χ0n) is 10.8. The number of carbonyl (C=O) groups is 2. The molecule has 0 saturated heterocycles. The normalized spacial score (nSPS) is 10.9. The van der Waals surface area contributed by atoms with Crippen molar-refractivity contribution in [3.8, 4) is 0 Å². The number of hydrogen-bond acceptors (Lipinski definition) is 4. The molecular formula is C15H13NO3S. The molecule has 1 aromatic heterocycles. The summed E-state index contributed by atoms with van der Waals surface area (Å²) in [6.45, 7) is 0. The molecule has 2 rings (SSSR count). The van der Waals surface area contributed by atoms with Crippen LogP contribution in [0.4, 0.5) is 0 Å². The van der Waals surface area contributed by atoms with E-state index in [2.05, 4.69) is 10.1 Å². The van der Waals surface area contributed by atoms with E-state index in [-0.39, 0.29) is 11.6 Å². The summed E-state index contributed by atoms with van der Waals surface area (Å²) in [6.07, 6.45) is 1.59. The first-order valence-corrected chi connectivity index (χ1v) is 6.78. The minimum atomic E-state index is -0.581. The Bertz CT molecular complexity index is 618. The molecule has 0 atom stereocenters. The Balaban J connectivity index is 2.21. The van der Waals surface area contributed by atoms with Gasteiger partial charge in [-0.2, -0.15) is 0 Å². The lowest BCUT2D eigenvalue weighted by molar-refractivity contribution is -0.136. The number of esters is 1. The van der Waals surface area contributed by atoms with Gasteiger partial charge in [-0.25, -0.2) is 4.79 Å². The number of carbonyl (C=O) groups excluding carboxylic acids is 2. The molecule has 102 valence electrons. The predicted molar refractivity (Wildman–Crippen MR) is 78.2 cm³/mol. The van der Waals surface area contributed by atoms with Crippen molar-refractivity contribution < 1.29 is 14.3 Å². The molecule has 0 fully saturated rings. The molecular weight excluding hydrogens is 274 g/mol. The number of ether oxygens (including phenoxy) is 1. The van der Waals surface area contributed by atoms with Crippen molar-refractivity contribution in [2.45, 2.75) is 0 Å². The van der Waals surface area contributed by atoms with Gasteiger partial charge >= 0.3 is 5.97 Å². The van der Waals surface area contributed by atoms with Crippen LogP contribution in [0.2, 0.25) is 0 Å². The zero-order chi connectivity index (χ0) is 14.4. The maximum Gasteiger partial charge on any atom is 0.354 e. The average molecular weight is 287 g/mol. The van der Waals surface area contributed by atoms with E-state index in [0.717, 1.165) is 4.88 Å². The molecule has 0 saturated carbocycles. The van der Waals surface area contributed by atoms with Gasteiger partial charge in [-0.15, -0.1) is 11.3 Å². The molecule has 1 heterocycles. The van der Waals surface area contributed by atoms with Crippen LogP contribution in [0.25, 0.3) is 6.08 Å². The lowest BCUT2D eigenvalue weighted by atomic mass is 10.2. The molecule has 0 aliphatic rings. The molecule has 1 amide bonds. The fourth-order valence-electron chi connectivity index (χ4n) is 1.56. The number of thiophene rings is 1. The molecule has 4 nitrogen and oxygen atoms in total. The second-order valence-corrected chi connectivity index (χ2v) is 4.86. The summed E-state index contributed by atoms with van der Waals surface area (Å²) in [5.74, 6) is -0.929. The molecule has 2 aromatic rings. The molecule has 1 aromatic carbocycles. The average Bonchev–Trinajstić information content (AvgIpc) is 2.99. The van der Waals surface area contributed by atoms with E-state index in [1.165, 1.54) is 18.4 Å². The topological polar surface area (TPSA) is 55.4 Å². The minimum absolute atomic E-state index is 0.115. The molecule has 0 unspecified atom stereocenters. The van der Waals surface area contributed by atoms with E-state index in [1.807, 2.05) is 23.6 Å². The highest BCUT2D eigenvalue weighted by molar-refractivity contribution is 7.10. The van der Waals surface area contributed by atoms with Gasteiger partial charge in [-0.3, -0.25) is 4.79 Å². The highest BCUT2D eigenvalue weighted by Gasteiger charge is 2.14. The Morgan fingerprint density at radius 3 is 2.50 bits per heavy atom. The largest absolute Gasteiger partial charge is 0.464 e. The van der Waals surface area contributed by atoms with Gasteiger partial charge in [0.05, 0.1) is 7.11 Å². The monoisotopic (exact) mass is 287 g/mol. The summed E-state index contributed by atoms with van der Waals surface area (Å²) in [7, 11) is 1.28. The lowest BCUT2D eigenvalue weighted by Crippen LogP contribution is -2.27. The first-order chi connectivity index (χ1) is 9.70. The van der Waals surface area contributed by atoms with Gasteiger partial charge in [0.15, 0.2) is 0 Å². The second kappa shape index (κ2) is 6.68. The Kier molecular flexibility index (Phi) is 4.68. The first kappa shape index (κ1) is 14.0. The van der Waals surface area contributed by atoms with Crippen LogP contribution in [0.1, 0.15) is 15.2 Å². The molecule has 0 aliphatic heterocycles. The lowest BCUT2D eigenvalue weighted by Gasteiger charge is -2.07. The van der Waals surface area contributed by atoms with Crippen LogP contribution in [0, 0.1) is 0 Å².